The average molecular weight is 463 g/mol. The standard InChI is InChI=1S/C24H31ClN2O5/c1-24(2,3)17-12-16(22(29)20(25)13-17)15-26-18-4-5-19(21(28)14-18)23(30)32-11-8-27-6-9-31-10-7-27/h4-5,12-14,26,28-29H,6-11,15H2,1-3H3. The highest BCUT2D eigenvalue weighted by Gasteiger charge is 2.19. The van der Waals surface area contributed by atoms with Crippen LogP contribution in [0.1, 0.15) is 42.3 Å². The van der Waals surface area contributed by atoms with Gasteiger partial charge in [0.05, 0.1) is 18.2 Å². The largest absolute Gasteiger partial charge is 0.507 e. The van der Waals surface area contributed by atoms with Crippen molar-refractivity contribution in [1.29, 1.82) is 0 Å². The maximum atomic E-state index is 12.3. The molecule has 0 unspecified atom stereocenters. The molecule has 1 heterocycles. The van der Waals surface area contributed by atoms with Crippen molar-refractivity contribution in [3.63, 3.8) is 0 Å². The molecule has 0 aromatic heterocycles. The van der Waals surface area contributed by atoms with Gasteiger partial charge >= 0.3 is 5.97 Å². The summed E-state index contributed by atoms with van der Waals surface area (Å²) in [6, 6.07) is 8.35. The van der Waals surface area contributed by atoms with Gasteiger partial charge < -0.3 is 25.0 Å². The van der Waals surface area contributed by atoms with Gasteiger partial charge in [-0.2, -0.15) is 0 Å². The molecule has 0 radical (unpaired) electrons. The van der Waals surface area contributed by atoms with Crippen LogP contribution >= 0.6 is 11.6 Å². The molecule has 2 aromatic rings. The molecule has 7 nitrogen and oxygen atoms in total. The van der Waals surface area contributed by atoms with Gasteiger partial charge in [-0.3, -0.25) is 4.90 Å². The number of carbonyl (C=O) groups is 1. The number of benzene rings is 2. The summed E-state index contributed by atoms with van der Waals surface area (Å²) in [6.07, 6.45) is 0. The predicted octanol–water partition coefficient (Wildman–Crippen LogP) is 4.15. The fourth-order valence-corrected chi connectivity index (χ4v) is 3.64. The zero-order chi connectivity index (χ0) is 23.3. The minimum Gasteiger partial charge on any atom is -0.507 e. The van der Waals surface area contributed by atoms with E-state index < -0.39 is 5.97 Å². The van der Waals surface area contributed by atoms with E-state index in [1.807, 2.05) is 6.07 Å². The molecule has 0 saturated carbocycles. The Labute approximate surface area is 193 Å². The number of halogens is 1. The minimum absolute atomic E-state index is 0.0249. The summed E-state index contributed by atoms with van der Waals surface area (Å²) in [6.45, 7) is 10.4. The van der Waals surface area contributed by atoms with E-state index in [0.29, 0.717) is 42.6 Å². The van der Waals surface area contributed by atoms with Gasteiger partial charge in [-0.1, -0.05) is 32.4 Å². The van der Waals surface area contributed by atoms with Crippen molar-refractivity contribution in [3.8, 4) is 11.5 Å². The van der Waals surface area contributed by atoms with Crippen LogP contribution in [0.2, 0.25) is 5.02 Å². The van der Waals surface area contributed by atoms with Crippen molar-refractivity contribution in [2.45, 2.75) is 32.7 Å². The number of esters is 1. The zero-order valence-electron chi connectivity index (χ0n) is 18.8. The van der Waals surface area contributed by atoms with Crippen LogP contribution in [0.5, 0.6) is 11.5 Å². The van der Waals surface area contributed by atoms with Gasteiger partial charge in [0.2, 0.25) is 0 Å². The fourth-order valence-electron chi connectivity index (χ4n) is 3.41. The Kier molecular flexibility index (Phi) is 7.87. The van der Waals surface area contributed by atoms with Crippen molar-refractivity contribution >= 4 is 23.3 Å². The summed E-state index contributed by atoms with van der Waals surface area (Å²) in [5.41, 5.74) is 2.25. The van der Waals surface area contributed by atoms with Gasteiger partial charge in [-0.25, -0.2) is 4.79 Å². The van der Waals surface area contributed by atoms with Crippen LogP contribution in [0.15, 0.2) is 30.3 Å². The number of nitrogens with zero attached hydrogens (tertiary/aromatic N) is 1. The summed E-state index contributed by atoms with van der Waals surface area (Å²) in [5.74, 6) is -0.710. The quantitative estimate of drug-likeness (QED) is 0.532. The number of nitrogens with one attached hydrogen (secondary N) is 1. The van der Waals surface area contributed by atoms with Gasteiger partial charge in [-0.15, -0.1) is 0 Å². The van der Waals surface area contributed by atoms with Crippen molar-refractivity contribution in [2.24, 2.45) is 0 Å². The summed E-state index contributed by atoms with van der Waals surface area (Å²) >= 11 is 6.20. The highest BCUT2D eigenvalue weighted by Crippen LogP contribution is 2.34. The Hall–Kier alpha value is -2.48. The third-order valence-electron chi connectivity index (χ3n) is 5.45. The van der Waals surface area contributed by atoms with Crippen molar-refractivity contribution < 1.29 is 24.5 Å². The first-order valence-electron chi connectivity index (χ1n) is 10.7. The molecule has 1 saturated heterocycles. The Balaban J connectivity index is 1.59. The van der Waals surface area contributed by atoms with E-state index >= 15 is 0 Å². The SMILES string of the molecule is CC(C)(C)c1cc(Cl)c(O)c(CNc2ccc(C(=O)OCCN3CCOCC3)c(O)c2)c1. The van der Waals surface area contributed by atoms with Crippen LogP contribution in [-0.4, -0.2) is 60.5 Å². The lowest BCUT2D eigenvalue weighted by atomic mass is 9.86. The fraction of sp³-hybridized carbons (Fsp3) is 0.458. The third-order valence-corrected chi connectivity index (χ3v) is 5.74. The number of ether oxygens (including phenoxy) is 2. The van der Waals surface area contributed by atoms with Crippen LogP contribution in [0.25, 0.3) is 0 Å². The lowest BCUT2D eigenvalue weighted by Crippen LogP contribution is -2.38. The molecule has 0 amide bonds. The van der Waals surface area contributed by atoms with Gasteiger partial charge in [-0.05, 0) is 35.2 Å². The van der Waals surface area contributed by atoms with Crippen LogP contribution < -0.4 is 5.32 Å². The van der Waals surface area contributed by atoms with E-state index in [9.17, 15) is 15.0 Å². The first-order chi connectivity index (χ1) is 15.1. The summed E-state index contributed by atoms with van der Waals surface area (Å²) in [4.78, 5) is 14.5. The molecule has 8 heteroatoms. The number of aromatic hydroxyl groups is 2. The monoisotopic (exact) mass is 462 g/mol. The second kappa shape index (κ2) is 10.4. The van der Waals surface area contributed by atoms with Crippen LogP contribution in [0, 0.1) is 0 Å². The molecule has 0 bridgehead atoms. The number of phenols is 2. The Morgan fingerprint density at radius 1 is 1.19 bits per heavy atom. The topological polar surface area (TPSA) is 91.3 Å². The maximum Gasteiger partial charge on any atom is 0.341 e. The second-order valence-corrected chi connectivity index (χ2v) is 9.30. The van der Waals surface area contributed by atoms with Crippen molar-refractivity contribution in [3.05, 3.63) is 52.0 Å². The first kappa shape index (κ1) is 24.2. The third kappa shape index (κ3) is 6.28. The van der Waals surface area contributed by atoms with Gasteiger partial charge in [0.15, 0.2) is 0 Å². The Morgan fingerprint density at radius 2 is 1.91 bits per heavy atom. The Bertz CT molecular complexity index is 952. The number of rotatable bonds is 7. The molecule has 2 aromatic carbocycles. The molecule has 0 atom stereocenters. The summed E-state index contributed by atoms with van der Waals surface area (Å²) in [5, 5.41) is 24.1. The normalized spacial score (nSPS) is 14.9. The highest BCUT2D eigenvalue weighted by molar-refractivity contribution is 6.32. The number of hydrogen-bond donors (Lipinski definition) is 3. The van der Waals surface area contributed by atoms with Crippen LogP contribution in [0.3, 0.4) is 0 Å². The van der Waals surface area contributed by atoms with E-state index in [-0.39, 0.29) is 29.1 Å². The number of morpholine rings is 1. The lowest BCUT2D eigenvalue weighted by molar-refractivity contribution is 0.0194. The Morgan fingerprint density at radius 3 is 2.56 bits per heavy atom. The van der Waals surface area contributed by atoms with E-state index in [1.165, 1.54) is 12.1 Å². The van der Waals surface area contributed by atoms with Crippen molar-refractivity contribution in [2.75, 3.05) is 44.8 Å². The molecule has 0 aliphatic carbocycles. The van der Waals surface area contributed by atoms with E-state index in [2.05, 4.69) is 31.0 Å². The summed E-state index contributed by atoms with van der Waals surface area (Å²) in [7, 11) is 0. The number of carbonyl (C=O) groups excluding carboxylic acids is 1. The maximum absolute atomic E-state index is 12.3. The van der Waals surface area contributed by atoms with E-state index in [4.69, 9.17) is 21.1 Å². The van der Waals surface area contributed by atoms with Gasteiger partial charge in [0.1, 0.15) is 23.7 Å². The molecule has 0 spiro atoms. The number of hydrogen-bond acceptors (Lipinski definition) is 7. The molecular formula is C24H31ClN2O5. The predicted molar refractivity (Wildman–Crippen MR) is 125 cm³/mol. The van der Waals surface area contributed by atoms with Crippen LogP contribution in [0.4, 0.5) is 5.69 Å². The lowest BCUT2D eigenvalue weighted by Gasteiger charge is -2.26. The first-order valence-corrected chi connectivity index (χ1v) is 11.1. The molecule has 1 aliphatic rings. The van der Waals surface area contributed by atoms with Crippen molar-refractivity contribution in [1.82, 2.24) is 4.90 Å². The number of phenolic OH excluding ortho intramolecular Hbond substituents is 2. The van der Waals surface area contributed by atoms with E-state index in [1.54, 1.807) is 12.1 Å². The van der Waals surface area contributed by atoms with E-state index in [0.717, 1.165) is 18.7 Å². The minimum atomic E-state index is -0.565. The molecule has 1 fully saturated rings. The molecule has 1 aliphatic heterocycles. The average Bonchev–Trinajstić information content (AvgIpc) is 2.74. The molecule has 3 N–H and O–H groups in total. The smallest absolute Gasteiger partial charge is 0.341 e. The number of anilines is 1. The second-order valence-electron chi connectivity index (χ2n) is 8.89. The molecule has 3 rings (SSSR count). The molecule has 32 heavy (non-hydrogen) atoms. The van der Waals surface area contributed by atoms with Gasteiger partial charge in [0.25, 0.3) is 0 Å². The molecule has 174 valence electrons. The molecular weight excluding hydrogens is 432 g/mol. The summed E-state index contributed by atoms with van der Waals surface area (Å²) < 4.78 is 10.6. The van der Waals surface area contributed by atoms with Crippen LogP contribution in [-0.2, 0) is 21.4 Å². The highest BCUT2D eigenvalue weighted by atomic mass is 35.5. The zero-order valence-corrected chi connectivity index (χ0v) is 19.5. The van der Waals surface area contributed by atoms with Gasteiger partial charge in [0, 0.05) is 43.5 Å².